The lowest BCUT2D eigenvalue weighted by atomic mass is 9.83. The zero-order valence-electron chi connectivity index (χ0n) is 10.7. The van der Waals surface area contributed by atoms with E-state index in [1.807, 2.05) is 6.92 Å². The van der Waals surface area contributed by atoms with Gasteiger partial charge < -0.3 is 21.5 Å². The van der Waals surface area contributed by atoms with Gasteiger partial charge in [-0.05, 0) is 25.5 Å². The fourth-order valence-corrected chi connectivity index (χ4v) is 2.57. The molecule has 0 aromatic heterocycles. The molecule has 1 aromatic carbocycles. The standard InChI is InChI=1S/C13H18ClN3O2/c1-2-19-10-6-8(15)12(10)17-9-5-3-4-7(14)11(9)13(16)18/h3-5,8,10,12,17H,2,6,15H2,1H3,(H2,16,18). The summed E-state index contributed by atoms with van der Waals surface area (Å²) in [5, 5.41) is 3.55. The van der Waals surface area contributed by atoms with Crippen LogP contribution in [0.25, 0.3) is 0 Å². The molecule has 19 heavy (non-hydrogen) atoms. The molecule has 6 heteroatoms. The highest BCUT2D eigenvalue weighted by molar-refractivity contribution is 6.34. The summed E-state index contributed by atoms with van der Waals surface area (Å²) >= 11 is 6.00. The van der Waals surface area contributed by atoms with Gasteiger partial charge in [0.05, 0.1) is 22.7 Å². The predicted octanol–water partition coefficient (Wildman–Crippen LogP) is 1.36. The Hall–Kier alpha value is -1.30. The second-order valence-electron chi connectivity index (χ2n) is 4.59. The number of benzene rings is 1. The lowest BCUT2D eigenvalue weighted by molar-refractivity contribution is -0.0126. The Kier molecular flexibility index (Phi) is 4.29. The van der Waals surface area contributed by atoms with Crippen molar-refractivity contribution in [1.82, 2.24) is 0 Å². The van der Waals surface area contributed by atoms with Gasteiger partial charge in [-0.25, -0.2) is 0 Å². The molecule has 3 unspecified atom stereocenters. The molecule has 5 N–H and O–H groups in total. The van der Waals surface area contributed by atoms with Crippen molar-refractivity contribution in [2.75, 3.05) is 11.9 Å². The average molecular weight is 284 g/mol. The normalized spacial score (nSPS) is 25.7. The van der Waals surface area contributed by atoms with Crippen LogP contribution >= 0.6 is 11.6 Å². The van der Waals surface area contributed by atoms with Gasteiger partial charge in [0, 0.05) is 18.3 Å². The lowest BCUT2D eigenvalue weighted by Crippen LogP contribution is -2.60. The van der Waals surface area contributed by atoms with Crippen LogP contribution in [0.4, 0.5) is 5.69 Å². The number of halogens is 1. The molecule has 5 nitrogen and oxygen atoms in total. The zero-order valence-corrected chi connectivity index (χ0v) is 11.5. The van der Waals surface area contributed by atoms with Gasteiger partial charge in [-0.2, -0.15) is 0 Å². The fourth-order valence-electron chi connectivity index (χ4n) is 2.30. The monoisotopic (exact) mass is 283 g/mol. The van der Waals surface area contributed by atoms with Gasteiger partial charge in [0.15, 0.2) is 0 Å². The minimum Gasteiger partial charge on any atom is -0.377 e. The van der Waals surface area contributed by atoms with Crippen molar-refractivity contribution in [1.29, 1.82) is 0 Å². The minimum absolute atomic E-state index is 0.00346. The van der Waals surface area contributed by atoms with E-state index >= 15 is 0 Å². The third-order valence-corrected chi connectivity index (χ3v) is 3.64. The molecule has 0 heterocycles. The summed E-state index contributed by atoms with van der Waals surface area (Å²) in [5.41, 5.74) is 12.2. The van der Waals surface area contributed by atoms with Crippen molar-refractivity contribution < 1.29 is 9.53 Å². The van der Waals surface area contributed by atoms with Crippen LogP contribution < -0.4 is 16.8 Å². The maximum atomic E-state index is 11.5. The molecule has 0 aliphatic heterocycles. The van der Waals surface area contributed by atoms with Crippen LogP contribution in [0.3, 0.4) is 0 Å². The number of amides is 1. The van der Waals surface area contributed by atoms with Gasteiger partial charge >= 0.3 is 0 Å². The summed E-state index contributed by atoms with van der Waals surface area (Å²) in [4.78, 5) is 11.5. The molecule has 0 radical (unpaired) electrons. The number of nitrogens with two attached hydrogens (primary N) is 2. The summed E-state index contributed by atoms with van der Waals surface area (Å²) in [7, 11) is 0. The maximum absolute atomic E-state index is 11.5. The molecule has 104 valence electrons. The Morgan fingerprint density at radius 3 is 2.89 bits per heavy atom. The molecule has 0 spiro atoms. The first kappa shape index (κ1) is 14.1. The molecule has 0 bridgehead atoms. The highest BCUT2D eigenvalue weighted by Gasteiger charge is 2.39. The molecule has 1 saturated carbocycles. The smallest absolute Gasteiger partial charge is 0.252 e. The van der Waals surface area contributed by atoms with Crippen molar-refractivity contribution in [3.63, 3.8) is 0 Å². The van der Waals surface area contributed by atoms with Crippen molar-refractivity contribution in [2.24, 2.45) is 11.5 Å². The highest BCUT2D eigenvalue weighted by atomic mass is 35.5. The Morgan fingerprint density at radius 1 is 1.58 bits per heavy atom. The number of hydrogen-bond donors (Lipinski definition) is 3. The van der Waals surface area contributed by atoms with Crippen molar-refractivity contribution in [3.05, 3.63) is 28.8 Å². The van der Waals surface area contributed by atoms with E-state index in [4.69, 9.17) is 27.8 Å². The number of hydrogen-bond acceptors (Lipinski definition) is 4. The van der Waals surface area contributed by atoms with E-state index in [0.29, 0.717) is 22.9 Å². The van der Waals surface area contributed by atoms with Gasteiger partial charge in [-0.3, -0.25) is 4.79 Å². The third-order valence-electron chi connectivity index (χ3n) is 3.33. The number of anilines is 1. The van der Waals surface area contributed by atoms with E-state index in [0.717, 1.165) is 6.42 Å². The third kappa shape index (κ3) is 2.83. The Balaban J connectivity index is 2.19. The van der Waals surface area contributed by atoms with Crippen LogP contribution in [0.2, 0.25) is 5.02 Å². The maximum Gasteiger partial charge on any atom is 0.252 e. The average Bonchev–Trinajstić information content (AvgIpc) is 2.35. The molecule has 1 aliphatic rings. The first-order valence-electron chi connectivity index (χ1n) is 6.26. The van der Waals surface area contributed by atoms with Gasteiger partial charge in [-0.1, -0.05) is 17.7 Å². The summed E-state index contributed by atoms with van der Waals surface area (Å²) in [6.45, 7) is 2.57. The Morgan fingerprint density at radius 2 is 2.32 bits per heavy atom. The SMILES string of the molecule is CCOC1CC(N)C1Nc1cccc(Cl)c1C(N)=O. The lowest BCUT2D eigenvalue weighted by Gasteiger charge is -2.43. The largest absolute Gasteiger partial charge is 0.377 e. The second-order valence-corrected chi connectivity index (χ2v) is 5.00. The number of primary amides is 1. The molecule has 3 atom stereocenters. The molecule has 1 fully saturated rings. The van der Waals surface area contributed by atoms with E-state index in [2.05, 4.69) is 5.32 Å². The molecular formula is C13H18ClN3O2. The summed E-state index contributed by atoms with van der Waals surface area (Å²) < 4.78 is 5.57. The fraction of sp³-hybridized carbons (Fsp3) is 0.462. The van der Waals surface area contributed by atoms with Gasteiger partial charge in [0.1, 0.15) is 0 Å². The van der Waals surface area contributed by atoms with E-state index in [9.17, 15) is 4.79 Å². The first-order valence-corrected chi connectivity index (χ1v) is 6.64. The van der Waals surface area contributed by atoms with E-state index < -0.39 is 5.91 Å². The van der Waals surface area contributed by atoms with Gasteiger partial charge in [0.25, 0.3) is 5.91 Å². The summed E-state index contributed by atoms with van der Waals surface area (Å²) in [6.07, 6.45) is 0.859. The predicted molar refractivity (Wildman–Crippen MR) is 75.4 cm³/mol. The van der Waals surface area contributed by atoms with E-state index in [-0.39, 0.29) is 18.2 Å². The van der Waals surface area contributed by atoms with Crippen LogP contribution in [-0.2, 0) is 4.74 Å². The van der Waals surface area contributed by atoms with Crippen LogP contribution in [0.1, 0.15) is 23.7 Å². The highest BCUT2D eigenvalue weighted by Crippen LogP contribution is 2.30. The molecule has 1 aromatic rings. The van der Waals surface area contributed by atoms with E-state index in [1.54, 1.807) is 18.2 Å². The van der Waals surface area contributed by atoms with E-state index in [1.165, 1.54) is 0 Å². The second kappa shape index (κ2) is 5.77. The number of carbonyl (C=O) groups excluding carboxylic acids is 1. The Labute approximate surface area is 117 Å². The first-order chi connectivity index (χ1) is 9.04. The van der Waals surface area contributed by atoms with Crippen molar-refractivity contribution in [2.45, 2.75) is 31.5 Å². The van der Waals surface area contributed by atoms with Crippen molar-refractivity contribution >= 4 is 23.2 Å². The molecule has 0 saturated heterocycles. The van der Waals surface area contributed by atoms with Crippen LogP contribution in [0.15, 0.2) is 18.2 Å². The Bertz CT molecular complexity index is 479. The summed E-state index contributed by atoms with van der Waals surface area (Å²) in [5.74, 6) is -0.561. The van der Waals surface area contributed by atoms with Crippen molar-refractivity contribution in [3.8, 4) is 0 Å². The number of rotatable bonds is 5. The van der Waals surface area contributed by atoms with Crippen LogP contribution in [0.5, 0.6) is 0 Å². The minimum atomic E-state index is -0.561. The van der Waals surface area contributed by atoms with Gasteiger partial charge in [-0.15, -0.1) is 0 Å². The topological polar surface area (TPSA) is 90.4 Å². The zero-order chi connectivity index (χ0) is 14.0. The molecule has 2 rings (SSSR count). The molecular weight excluding hydrogens is 266 g/mol. The summed E-state index contributed by atoms with van der Waals surface area (Å²) in [6, 6.07) is 5.12. The van der Waals surface area contributed by atoms with Gasteiger partial charge in [0.2, 0.25) is 0 Å². The molecule has 1 amide bonds. The number of ether oxygens (including phenoxy) is 1. The molecule has 1 aliphatic carbocycles. The number of nitrogens with one attached hydrogen (secondary N) is 1. The number of carbonyl (C=O) groups is 1. The van der Waals surface area contributed by atoms with Crippen LogP contribution in [-0.4, -0.2) is 30.7 Å². The van der Waals surface area contributed by atoms with Crippen LogP contribution in [0, 0.1) is 0 Å². The quantitative estimate of drug-likeness (QED) is 0.761.